The number of alkyl carbamates (subject to hydrolysis) is 1. The smallest absolute Gasteiger partial charge is 0.407 e. The summed E-state index contributed by atoms with van der Waals surface area (Å²) >= 11 is 0. The third-order valence-electron chi connectivity index (χ3n) is 6.04. The lowest BCUT2D eigenvalue weighted by Crippen LogP contribution is -2.34. The molecule has 0 spiro atoms. The number of unbranched alkanes of at least 4 members (excludes halogenated alkanes) is 10. The first-order valence-electron chi connectivity index (χ1n) is 16.5. The normalized spacial score (nSPS) is 11.7. The number of carbonyl (C=O) groups is 1. The van der Waals surface area contributed by atoms with Gasteiger partial charge in [0, 0.05) is 13.2 Å². The molecule has 0 aromatic heterocycles. The van der Waals surface area contributed by atoms with Crippen molar-refractivity contribution < 1.29 is 42.7 Å². The van der Waals surface area contributed by atoms with Crippen LogP contribution in [0.1, 0.15) is 98.3 Å². The fraction of sp³-hybridized carbons (Fsp3) is 0.969. The van der Waals surface area contributed by atoms with Gasteiger partial charge in [-0.1, -0.05) is 71.1 Å². The van der Waals surface area contributed by atoms with E-state index in [1.54, 1.807) is 0 Å². The first kappa shape index (κ1) is 41.0. The van der Waals surface area contributed by atoms with Gasteiger partial charge in [0.2, 0.25) is 0 Å². The number of rotatable bonds is 33. The number of hydrogen-bond donors (Lipinski definition) is 1. The van der Waals surface area contributed by atoms with E-state index in [2.05, 4.69) is 12.2 Å². The van der Waals surface area contributed by atoms with Crippen molar-refractivity contribution in [3.63, 3.8) is 0 Å². The molecule has 0 aromatic carbocycles. The van der Waals surface area contributed by atoms with E-state index in [1.807, 2.05) is 20.8 Å². The Morgan fingerprint density at radius 2 is 0.762 bits per heavy atom. The minimum Gasteiger partial charge on any atom is -0.444 e. The number of hydrogen-bond acceptors (Lipinski definition) is 9. The van der Waals surface area contributed by atoms with E-state index in [9.17, 15) is 4.79 Å². The van der Waals surface area contributed by atoms with Crippen LogP contribution in [-0.2, 0) is 37.9 Å². The average Bonchev–Trinajstić information content (AvgIpc) is 2.94. The Bertz CT molecular complexity index is 547. The summed E-state index contributed by atoms with van der Waals surface area (Å²) in [7, 11) is 0. The summed E-state index contributed by atoms with van der Waals surface area (Å²) in [6.07, 6.45) is 14.4. The molecule has 0 aliphatic heterocycles. The highest BCUT2D eigenvalue weighted by atomic mass is 16.6. The Morgan fingerprint density at radius 3 is 1.12 bits per heavy atom. The van der Waals surface area contributed by atoms with Crippen LogP contribution in [0.2, 0.25) is 0 Å². The molecule has 0 saturated carbocycles. The fourth-order valence-corrected chi connectivity index (χ4v) is 3.83. The molecule has 0 aromatic rings. The van der Waals surface area contributed by atoms with E-state index in [1.165, 1.54) is 64.2 Å². The van der Waals surface area contributed by atoms with Crippen molar-refractivity contribution in [1.29, 1.82) is 0 Å². The summed E-state index contributed by atoms with van der Waals surface area (Å²) in [6, 6.07) is 0. The lowest BCUT2D eigenvalue weighted by Gasteiger charge is -2.19. The number of ether oxygens (including phenoxy) is 8. The van der Waals surface area contributed by atoms with Crippen LogP contribution in [0.3, 0.4) is 0 Å². The molecule has 0 bridgehead atoms. The lowest BCUT2D eigenvalue weighted by molar-refractivity contribution is -0.0205. The molecule has 0 unspecified atom stereocenters. The first-order valence-corrected chi connectivity index (χ1v) is 16.5. The third kappa shape index (κ3) is 37.0. The maximum Gasteiger partial charge on any atom is 0.407 e. The van der Waals surface area contributed by atoms with Gasteiger partial charge in [-0.15, -0.1) is 0 Å². The van der Waals surface area contributed by atoms with Crippen molar-refractivity contribution in [2.75, 3.05) is 99.0 Å². The maximum absolute atomic E-state index is 11.5. The minimum absolute atomic E-state index is 0.395. The molecule has 1 N–H and O–H groups in total. The number of amides is 1. The second-order valence-corrected chi connectivity index (χ2v) is 11.3. The molecular formula is C32H65NO9. The van der Waals surface area contributed by atoms with Crippen molar-refractivity contribution in [2.45, 2.75) is 104 Å². The molecule has 10 nitrogen and oxygen atoms in total. The van der Waals surface area contributed by atoms with Gasteiger partial charge in [0.05, 0.1) is 85.9 Å². The summed E-state index contributed by atoms with van der Waals surface area (Å²) in [6.45, 7) is 15.8. The summed E-state index contributed by atoms with van der Waals surface area (Å²) in [5.74, 6) is 0. The zero-order valence-electron chi connectivity index (χ0n) is 27.6. The quantitative estimate of drug-likeness (QED) is 0.0908. The Labute approximate surface area is 257 Å². The molecule has 252 valence electrons. The van der Waals surface area contributed by atoms with Crippen LogP contribution in [0.15, 0.2) is 0 Å². The van der Waals surface area contributed by atoms with Crippen LogP contribution < -0.4 is 5.32 Å². The predicted molar refractivity (Wildman–Crippen MR) is 166 cm³/mol. The highest BCUT2D eigenvalue weighted by Gasteiger charge is 2.15. The summed E-state index contributed by atoms with van der Waals surface area (Å²) < 4.78 is 43.6. The SMILES string of the molecule is CCCCCCCCCCCCCOCCOCCOCCOCCOCCOCCOCCNC(=O)OC(C)(C)C. The molecule has 10 heteroatoms. The van der Waals surface area contributed by atoms with E-state index in [4.69, 9.17) is 37.9 Å². The molecule has 1 amide bonds. The third-order valence-corrected chi connectivity index (χ3v) is 6.04. The van der Waals surface area contributed by atoms with Crippen molar-refractivity contribution in [2.24, 2.45) is 0 Å². The van der Waals surface area contributed by atoms with Gasteiger partial charge >= 0.3 is 6.09 Å². The second kappa shape index (κ2) is 32.9. The van der Waals surface area contributed by atoms with Gasteiger partial charge in [-0.25, -0.2) is 4.79 Å². The number of carbonyl (C=O) groups excluding carboxylic acids is 1. The van der Waals surface area contributed by atoms with Gasteiger partial charge < -0.3 is 43.2 Å². The highest BCUT2D eigenvalue weighted by molar-refractivity contribution is 5.67. The van der Waals surface area contributed by atoms with Crippen LogP contribution in [0.25, 0.3) is 0 Å². The van der Waals surface area contributed by atoms with Crippen molar-refractivity contribution in [3.05, 3.63) is 0 Å². The van der Waals surface area contributed by atoms with Gasteiger partial charge in [0.15, 0.2) is 0 Å². The Morgan fingerprint density at radius 1 is 0.452 bits per heavy atom. The van der Waals surface area contributed by atoms with E-state index in [-0.39, 0.29) is 0 Å². The molecular weight excluding hydrogens is 542 g/mol. The van der Waals surface area contributed by atoms with Gasteiger partial charge in [-0.05, 0) is 27.2 Å². The molecule has 0 aliphatic carbocycles. The zero-order valence-corrected chi connectivity index (χ0v) is 27.6. The topological polar surface area (TPSA) is 103 Å². The molecule has 0 atom stereocenters. The molecule has 0 saturated heterocycles. The molecule has 0 heterocycles. The maximum atomic E-state index is 11.5. The Kier molecular flexibility index (Phi) is 32.1. The molecule has 0 fully saturated rings. The minimum atomic E-state index is -0.501. The van der Waals surface area contributed by atoms with Gasteiger partial charge in [0.25, 0.3) is 0 Å². The highest BCUT2D eigenvalue weighted by Crippen LogP contribution is 2.11. The van der Waals surface area contributed by atoms with Crippen molar-refractivity contribution in [1.82, 2.24) is 5.32 Å². The van der Waals surface area contributed by atoms with E-state index in [0.29, 0.717) is 92.4 Å². The van der Waals surface area contributed by atoms with Crippen LogP contribution in [-0.4, -0.2) is 111 Å². The van der Waals surface area contributed by atoms with E-state index >= 15 is 0 Å². The molecule has 0 radical (unpaired) electrons. The van der Waals surface area contributed by atoms with Crippen LogP contribution in [0.4, 0.5) is 4.79 Å². The van der Waals surface area contributed by atoms with Crippen LogP contribution >= 0.6 is 0 Å². The van der Waals surface area contributed by atoms with Crippen molar-refractivity contribution in [3.8, 4) is 0 Å². The molecule has 0 aliphatic rings. The van der Waals surface area contributed by atoms with Crippen LogP contribution in [0.5, 0.6) is 0 Å². The monoisotopic (exact) mass is 607 g/mol. The van der Waals surface area contributed by atoms with E-state index in [0.717, 1.165) is 13.0 Å². The largest absolute Gasteiger partial charge is 0.444 e. The zero-order chi connectivity index (χ0) is 30.8. The average molecular weight is 608 g/mol. The summed E-state index contributed by atoms with van der Waals surface area (Å²) in [4.78, 5) is 11.5. The van der Waals surface area contributed by atoms with Crippen LogP contribution in [0, 0.1) is 0 Å². The van der Waals surface area contributed by atoms with Gasteiger partial charge in [-0.2, -0.15) is 0 Å². The van der Waals surface area contributed by atoms with Gasteiger partial charge in [0.1, 0.15) is 5.60 Å². The standard InChI is InChI=1S/C32H65NO9/c1-5-6-7-8-9-10-11-12-13-14-15-17-35-19-21-37-23-25-39-27-29-41-30-28-40-26-24-38-22-20-36-18-16-33-31(34)42-32(2,3)4/h5-30H2,1-4H3,(H,33,34). The Balaban J connectivity index is 3.09. The van der Waals surface area contributed by atoms with Crippen molar-refractivity contribution >= 4 is 6.09 Å². The summed E-state index contributed by atoms with van der Waals surface area (Å²) in [5.41, 5.74) is -0.501. The van der Waals surface area contributed by atoms with E-state index < -0.39 is 11.7 Å². The first-order chi connectivity index (χ1) is 20.5. The predicted octanol–water partition coefficient (Wildman–Crippen LogP) is 5.94. The van der Waals surface area contributed by atoms with Gasteiger partial charge in [-0.3, -0.25) is 0 Å². The fourth-order valence-electron chi connectivity index (χ4n) is 3.83. The second-order valence-electron chi connectivity index (χ2n) is 11.3. The molecule has 42 heavy (non-hydrogen) atoms. The summed E-state index contributed by atoms with van der Waals surface area (Å²) in [5, 5.41) is 2.64. The molecule has 0 rings (SSSR count). The lowest BCUT2D eigenvalue weighted by atomic mass is 10.1. The Hall–Kier alpha value is -1.01. The number of nitrogens with one attached hydrogen (secondary N) is 1.